The second-order valence-electron chi connectivity index (χ2n) is 4.56. The predicted octanol–water partition coefficient (Wildman–Crippen LogP) is 2.40. The first-order chi connectivity index (χ1) is 8.84. The molecule has 0 spiro atoms. The van der Waals surface area contributed by atoms with Gasteiger partial charge in [-0.15, -0.1) is 0 Å². The van der Waals surface area contributed by atoms with Gasteiger partial charge in [0.2, 0.25) is 0 Å². The number of nitrogens with one attached hydrogen (secondary N) is 2. The molecule has 0 aromatic heterocycles. The molecular formula is C13H20N2O3S. The van der Waals surface area contributed by atoms with Gasteiger partial charge in [-0.25, -0.2) is 13.2 Å². The minimum atomic E-state index is -3.36. The molecule has 0 saturated heterocycles. The number of benzene rings is 1. The van der Waals surface area contributed by atoms with Gasteiger partial charge < -0.3 is 10.6 Å². The lowest BCUT2D eigenvalue weighted by molar-refractivity contribution is 0.248. The zero-order valence-electron chi connectivity index (χ0n) is 11.4. The number of para-hydroxylation sites is 1. The van der Waals surface area contributed by atoms with E-state index in [2.05, 4.69) is 10.6 Å². The third-order valence-electron chi connectivity index (χ3n) is 2.63. The van der Waals surface area contributed by atoms with Crippen LogP contribution in [0.2, 0.25) is 0 Å². The van der Waals surface area contributed by atoms with Crippen LogP contribution in [0.3, 0.4) is 0 Å². The van der Waals surface area contributed by atoms with E-state index >= 15 is 0 Å². The van der Waals surface area contributed by atoms with E-state index in [4.69, 9.17) is 0 Å². The molecule has 0 unspecified atom stereocenters. The Labute approximate surface area is 114 Å². The number of hydrogen-bond acceptors (Lipinski definition) is 3. The Balaban J connectivity index is 2.81. The fraction of sp³-hybridized carbons (Fsp3) is 0.462. The van der Waals surface area contributed by atoms with E-state index < -0.39 is 15.9 Å². The van der Waals surface area contributed by atoms with Gasteiger partial charge in [0.05, 0.1) is 10.6 Å². The maximum absolute atomic E-state index is 11.8. The van der Waals surface area contributed by atoms with Gasteiger partial charge in [-0.1, -0.05) is 25.5 Å². The van der Waals surface area contributed by atoms with E-state index in [0.29, 0.717) is 5.69 Å². The molecule has 19 heavy (non-hydrogen) atoms. The van der Waals surface area contributed by atoms with Crippen molar-refractivity contribution < 1.29 is 13.2 Å². The average Bonchev–Trinajstić information content (AvgIpc) is 2.28. The van der Waals surface area contributed by atoms with Crippen molar-refractivity contribution in [1.29, 1.82) is 0 Å². The molecular weight excluding hydrogens is 264 g/mol. The van der Waals surface area contributed by atoms with Crippen molar-refractivity contribution in [3.63, 3.8) is 0 Å². The van der Waals surface area contributed by atoms with Crippen LogP contribution < -0.4 is 10.6 Å². The number of rotatable bonds is 5. The van der Waals surface area contributed by atoms with E-state index in [1.165, 1.54) is 6.07 Å². The summed E-state index contributed by atoms with van der Waals surface area (Å²) < 4.78 is 23.2. The van der Waals surface area contributed by atoms with Gasteiger partial charge in [-0.2, -0.15) is 0 Å². The van der Waals surface area contributed by atoms with Crippen LogP contribution in [0.4, 0.5) is 10.5 Å². The van der Waals surface area contributed by atoms with Gasteiger partial charge in [0.25, 0.3) is 0 Å². The molecule has 0 radical (unpaired) electrons. The third kappa shape index (κ3) is 4.90. The highest BCUT2D eigenvalue weighted by atomic mass is 32.2. The third-order valence-corrected chi connectivity index (χ3v) is 3.79. The van der Waals surface area contributed by atoms with E-state index in [0.717, 1.165) is 19.1 Å². The molecule has 0 aliphatic heterocycles. The predicted molar refractivity (Wildman–Crippen MR) is 76.1 cm³/mol. The molecule has 1 aromatic carbocycles. The normalized spacial score (nSPS) is 12.8. The number of carbonyl (C=O) groups excluding carboxylic acids is 1. The number of anilines is 1. The summed E-state index contributed by atoms with van der Waals surface area (Å²) in [6.45, 7) is 3.95. The Bertz CT molecular complexity index is 541. The average molecular weight is 284 g/mol. The van der Waals surface area contributed by atoms with Crippen molar-refractivity contribution in [2.24, 2.45) is 0 Å². The van der Waals surface area contributed by atoms with Crippen LogP contribution in [-0.4, -0.2) is 26.7 Å². The molecule has 0 aliphatic rings. The van der Waals surface area contributed by atoms with Gasteiger partial charge >= 0.3 is 6.03 Å². The van der Waals surface area contributed by atoms with Crippen LogP contribution in [0.15, 0.2) is 29.2 Å². The minimum absolute atomic E-state index is 0.0513. The summed E-state index contributed by atoms with van der Waals surface area (Å²) in [6.07, 6.45) is 2.97. The molecule has 0 aliphatic carbocycles. The largest absolute Gasteiger partial charge is 0.335 e. The maximum Gasteiger partial charge on any atom is 0.319 e. The lowest BCUT2D eigenvalue weighted by Gasteiger charge is -2.15. The lowest BCUT2D eigenvalue weighted by Crippen LogP contribution is -2.36. The first-order valence-electron chi connectivity index (χ1n) is 6.21. The maximum atomic E-state index is 11.8. The van der Waals surface area contributed by atoms with E-state index in [1.54, 1.807) is 18.2 Å². The summed E-state index contributed by atoms with van der Waals surface area (Å²) >= 11 is 0. The summed E-state index contributed by atoms with van der Waals surface area (Å²) in [4.78, 5) is 11.9. The second kappa shape index (κ2) is 6.56. The molecule has 1 aromatic rings. The molecule has 2 amide bonds. The standard InChI is InChI=1S/C13H20N2O3S/c1-4-7-10(2)14-13(16)15-11-8-5-6-9-12(11)19(3,17)18/h5-6,8-10H,4,7H2,1-3H3,(H2,14,15,16)/t10-/m0/s1. The van der Waals surface area contributed by atoms with Gasteiger partial charge in [-0.05, 0) is 25.5 Å². The molecule has 1 atom stereocenters. The lowest BCUT2D eigenvalue weighted by atomic mass is 10.2. The van der Waals surface area contributed by atoms with E-state index in [1.807, 2.05) is 13.8 Å². The molecule has 2 N–H and O–H groups in total. The molecule has 5 nitrogen and oxygen atoms in total. The van der Waals surface area contributed by atoms with Crippen molar-refractivity contribution in [2.75, 3.05) is 11.6 Å². The van der Waals surface area contributed by atoms with E-state index in [-0.39, 0.29) is 10.9 Å². The zero-order valence-corrected chi connectivity index (χ0v) is 12.3. The first kappa shape index (κ1) is 15.5. The van der Waals surface area contributed by atoms with Crippen molar-refractivity contribution in [2.45, 2.75) is 37.6 Å². The van der Waals surface area contributed by atoms with E-state index in [9.17, 15) is 13.2 Å². The van der Waals surface area contributed by atoms with Crippen molar-refractivity contribution in [3.05, 3.63) is 24.3 Å². The zero-order chi connectivity index (χ0) is 14.5. The molecule has 1 rings (SSSR count). The summed E-state index contributed by atoms with van der Waals surface area (Å²) in [5.74, 6) is 0. The number of carbonyl (C=O) groups is 1. The SMILES string of the molecule is CCC[C@H](C)NC(=O)Nc1ccccc1S(C)(=O)=O. The summed E-state index contributed by atoms with van der Waals surface area (Å²) in [7, 11) is -3.36. The second-order valence-corrected chi connectivity index (χ2v) is 6.54. The molecule has 106 valence electrons. The topological polar surface area (TPSA) is 75.3 Å². The number of sulfone groups is 1. The first-order valence-corrected chi connectivity index (χ1v) is 8.10. The van der Waals surface area contributed by atoms with Crippen molar-refractivity contribution >= 4 is 21.6 Å². The Morgan fingerprint density at radius 3 is 2.53 bits per heavy atom. The van der Waals surface area contributed by atoms with Gasteiger partial charge in [0.1, 0.15) is 0 Å². The van der Waals surface area contributed by atoms with Crippen LogP contribution in [-0.2, 0) is 9.84 Å². The Morgan fingerprint density at radius 2 is 1.95 bits per heavy atom. The monoisotopic (exact) mass is 284 g/mol. The Hall–Kier alpha value is -1.56. The highest BCUT2D eigenvalue weighted by Crippen LogP contribution is 2.20. The smallest absolute Gasteiger partial charge is 0.319 e. The number of hydrogen-bond donors (Lipinski definition) is 2. The highest BCUT2D eigenvalue weighted by molar-refractivity contribution is 7.90. The Morgan fingerprint density at radius 1 is 1.32 bits per heavy atom. The van der Waals surface area contributed by atoms with Crippen LogP contribution in [0.25, 0.3) is 0 Å². The van der Waals surface area contributed by atoms with Crippen LogP contribution in [0.1, 0.15) is 26.7 Å². The minimum Gasteiger partial charge on any atom is -0.335 e. The van der Waals surface area contributed by atoms with Gasteiger partial charge in [0, 0.05) is 12.3 Å². The number of urea groups is 1. The molecule has 0 heterocycles. The van der Waals surface area contributed by atoms with Crippen molar-refractivity contribution in [3.8, 4) is 0 Å². The van der Waals surface area contributed by atoms with Gasteiger partial charge in [0.15, 0.2) is 9.84 Å². The summed E-state index contributed by atoms with van der Waals surface area (Å²) in [5, 5.41) is 5.34. The van der Waals surface area contributed by atoms with Gasteiger partial charge in [-0.3, -0.25) is 0 Å². The van der Waals surface area contributed by atoms with Crippen LogP contribution in [0, 0.1) is 0 Å². The highest BCUT2D eigenvalue weighted by Gasteiger charge is 2.15. The molecule has 0 fully saturated rings. The van der Waals surface area contributed by atoms with Crippen molar-refractivity contribution in [1.82, 2.24) is 5.32 Å². The molecule has 6 heteroatoms. The fourth-order valence-corrected chi connectivity index (χ4v) is 2.62. The van der Waals surface area contributed by atoms with Crippen LogP contribution >= 0.6 is 0 Å². The Kier molecular flexibility index (Phi) is 5.35. The van der Waals surface area contributed by atoms with Crippen LogP contribution in [0.5, 0.6) is 0 Å². The molecule has 0 saturated carbocycles. The quantitative estimate of drug-likeness (QED) is 0.871. The fourth-order valence-electron chi connectivity index (χ4n) is 1.78. The summed E-state index contributed by atoms with van der Waals surface area (Å²) in [6, 6.07) is 6.01. The molecule has 0 bridgehead atoms. The summed E-state index contributed by atoms with van der Waals surface area (Å²) in [5.41, 5.74) is 0.297. The number of amides is 2.